The number of nitrogens with zero attached hydrogens (tertiary/aromatic N) is 3. The van der Waals surface area contributed by atoms with Crippen LogP contribution in [0.15, 0.2) is 66.0 Å². The molecular weight excluding hydrogens is 383 g/mol. The monoisotopic (exact) mass is 396 g/mol. The van der Waals surface area contributed by atoms with Gasteiger partial charge in [0.25, 0.3) is 0 Å². The highest BCUT2D eigenvalue weighted by molar-refractivity contribution is 8.00. The zero-order valence-corrected chi connectivity index (χ0v) is 15.6. The van der Waals surface area contributed by atoms with Crippen LogP contribution in [0.2, 0.25) is 0 Å². The highest BCUT2D eigenvalue weighted by Crippen LogP contribution is 2.34. The molecule has 27 heavy (non-hydrogen) atoms. The van der Waals surface area contributed by atoms with Gasteiger partial charge >= 0.3 is 0 Å². The average Bonchev–Trinajstić information content (AvgIpc) is 3.13. The molecule has 0 radical (unpaired) electrons. The summed E-state index contributed by atoms with van der Waals surface area (Å²) >= 11 is 2.58. The van der Waals surface area contributed by atoms with Crippen molar-refractivity contribution in [3.05, 3.63) is 66.7 Å². The van der Waals surface area contributed by atoms with Crippen LogP contribution in [-0.4, -0.2) is 26.0 Å². The first-order valence-electron chi connectivity index (χ1n) is 8.05. The predicted molar refractivity (Wildman–Crippen MR) is 106 cm³/mol. The van der Waals surface area contributed by atoms with Crippen LogP contribution in [0.4, 0.5) is 10.1 Å². The Morgan fingerprint density at radius 1 is 1.07 bits per heavy atom. The number of anilines is 1. The van der Waals surface area contributed by atoms with Crippen LogP contribution in [0.1, 0.15) is 0 Å². The first-order valence-corrected chi connectivity index (χ1v) is 9.81. The Kier molecular flexibility index (Phi) is 5.08. The van der Waals surface area contributed by atoms with E-state index in [4.69, 9.17) is 0 Å². The minimum atomic E-state index is -0.463. The maximum absolute atomic E-state index is 13.6. The molecular formula is C19H13FN4OS2. The second-order valence-electron chi connectivity index (χ2n) is 5.57. The maximum atomic E-state index is 13.6. The number of thioether (sulfide) groups is 1. The third-order valence-electron chi connectivity index (χ3n) is 3.76. The Morgan fingerprint density at radius 2 is 1.85 bits per heavy atom. The molecule has 0 saturated heterocycles. The zero-order chi connectivity index (χ0) is 18.6. The van der Waals surface area contributed by atoms with Crippen molar-refractivity contribution in [2.24, 2.45) is 0 Å². The summed E-state index contributed by atoms with van der Waals surface area (Å²) in [4.78, 5) is 20.8. The van der Waals surface area contributed by atoms with Gasteiger partial charge in [-0.2, -0.15) is 4.37 Å². The van der Waals surface area contributed by atoms with Gasteiger partial charge < -0.3 is 5.32 Å². The van der Waals surface area contributed by atoms with E-state index in [9.17, 15) is 9.18 Å². The second-order valence-corrected chi connectivity index (χ2v) is 7.31. The van der Waals surface area contributed by atoms with Crippen LogP contribution in [-0.2, 0) is 4.79 Å². The van der Waals surface area contributed by atoms with E-state index in [2.05, 4.69) is 19.7 Å². The number of halogens is 1. The number of aromatic nitrogens is 3. The lowest BCUT2D eigenvalue weighted by Gasteiger charge is -2.06. The Bertz CT molecular complexity index is 1100. The van der Waals surface area contributed by atoms with Crippen molar-refractivity contribution in [1.29, 1.82) is 0 Å². The summed E-state index contributed by atoms with van der Waals surface area (Å²) in [7, 11) is 0. The minimum Gasteiger partial charge on any atom is -0.323 e. The first kappa shape index (κ1) is 17.6. The van der Waals surface area contributed by atoms with Crippen molar-refractivity contribution >= 4 is 45.1 Å². The largest absolute Gasteiger partial charge is 0.323 e. The number of rotatable bonds is 5. The van der Waals surface area contributed by atoms with Crippen molar-refractivity contribution in [2.75, 3.05) is 11.1 Å². The number of nitrogens with one attached hydrogen (secondary N) is 1. The van der Waals surface area contributed by atoms with Gasteiger partial charge in [0.1, 0.15) is 33.1 Å². The van der Waals surface area contributed by atoms with Crippen LogP contribution >= 0.6 is 23.3 Å². The van der Waals surface area contributed by atoms with E-state index in [1.807, 2.05) is 30.3 Å². The molecule has 4 rings (SSSR count). The lowest BCUT2D eigenvalue weighted by atomic mass is 10.1. The lowest BCUT2D eigenvalue weighted by molar-refractivity contribution is -0.113. The molecule has 1 amide bonds. The fourth-order valence-corrected chi connectivity index (χ4v) is 4.23. The van der Waals surface area contributed by atoms with E-state index in [0.717, 1.165) is 21.5 Å². The van der Waals surface area contributed by atoms with E-state index in [1.165, 1.54) is 41.8 Å². The molecule has 5 nitrogen and oxygen atoms in total. The molecule has 0 aliphatic heterocycles. The molecule has 134 valence electrons. The zero-order valence-electron chi connectivity index (χ0n) is 13.9. The van der Waals surface area contributed by atoms with Gasteiger partial charge in [-0.1, -0.05) is 54.2 Å². The Morgan fingerprint density at radius 3 is 2.67 bits per heavy atom. The van der Waals surface area contributed by atoms with Gasteiger partial charge in [0.15, 0.2) is 0 Å². The van der Waals surface area contributed by atoms with Gasteiger partial charge in [0.05, 0.1) is 11.4 Å². The van der Waals surface area contributed by atoms with Gasteiger partial charge in [-0.05, 0) is 23.7 Å². The van der Waals surface area contributed by atoms with Gasteiger partial charge in [-0.15, -0.1) is 0 Å². The number of amides is 1. The van der Waals surface area contributed by atoms with Crippen LogP contribution < -0.4 is 5.32 Å². The topological polar surface area (TPSA) is 67.8 Å². The first-order chi connectivity index (χ1) is 13.2. The molecule has 2 heterocycles. The Hall–Kier alpha value is -2.84. The quantitative estimate of drug-likeness (QED) is 0.394. The molecule has 0 bridgehead atoms. The van der Waals surface area contributed by atoms with E-state index in [-0.39, 0.29) is 17.3 Å². The highest BCUT2D eigenvalue weighted by Gasteiger charge is 2.15. The number of hydrogen-bond acceptors (Lipinski definition) is 6. The summed E-state index contributed by atoms with van der Waals surface area (Å²) in [5.74, 6) is -0.654. The number of carbonyl (C=O) groups excluding carboxylic acids is 1. The normalized spacial score (nSPS) is 10.9. The molecule has 2 aromatic heterocycles. The number of carbonyl (C=O) groups is 1. The fraction of sp³-hybridized carbons (Fsp3) is 0.0526. The smallest absolute Gasteiger partial charge is 0.234 e. The van der Waals surface area contributed by atoms with Crippen molar-refractivity contribution in [2.45, 2.75) is 5.03 Å². The molecule has 0 saturated carbocycles. The molecule has 0 unspecified atom stereocenters. The third-order valence-corrected chi connectivity index (χ3v) is 5.72. The summed E-state index contributed by atoms with van der Waals surface area (Å²) in [5, 5.41) is 3.25. The summed E-state index contributed by atoms with van der Waals surface area (Å²) in [6, 6.07) is 15.9. The molecule has 0 aliphatic carbocycles. The van der Waals surface area contributed by atoms with Crippen molar-refractivity contribution in [3.63, 3.8) is 0 Å². The molecule has 0 fully saturated rings. The summed E-state index contributed by atoms with van der Waals surface area (Å²) in [6.45, 7) is 0. The number of para-hydroxylation sites is 1. The summed E-state index contributed by atoms with van der Waals surface area (Å²) < 4.78 is 19.0. The number of hydrogen-bond donors (Lipinski definition) is 1. The van der Waals surface area contributed by atoms with E-state index in [0.29, 0.717) is 5.03 Å². The predicted octanol–water partition coefficient (Wildman–Crippen LogP) is 4.62. The van der Waals surface area contributed by atoms with Crippen LogP contribution in [0.3, 0.4) is 0 Å². The fourth-order valence-electron chi connectivity index (χ4n) is 2.51. The number of fused-ring (bicyclic) bond motifs is 1. The highest BCUT2D eigenvalue weighted by atomic mass is 32.2. The third kappa shape index (κ3) is 3.81. The molecule has 0 aliphatic rings. The molecule has 4 aromatic rings. The molecule has 8 heteroatoms. The average molecular weight is 396 g/mol. The molecule has 0 spiro atoms. The van der Waals surface area contributed by atoms with Gasteiger partial charge in [-0.25, -0.2) is 14.4 Å². The van der Waals surface area contributed by atoms with E-state index >= 15 is 0 Å². The van der Waals surface area contributed by atoms with Gasteiger partial charge in [0, 0.05) is 5.56 Å². The van der Waals surface area contributed by atoms with Crippen LogP contribution in [0, 0.1) is 5.82 Å². The summed E-state index contributed by atoms with van der Waals surface area (Å²) in [6.07, 6.45) is 1.47. The Balaban J connectivity index is 1.52. The Labute approximate surface area is 162 Å². The van der Waals surface area contributed by atoms with Crippen LogP contribution in [0.25, 0.3) is 21.5 Å². The van der Waals surface area contributed by atoms with Gasteiger partial charge in [0.2, 0.25) is 5.91 Å². The van der Waals surface area contributed by atoms with Crippen molar-refractivity contribution in [3.8, 4) is 11.3 Å². The molecule has 1 N–H and O–H groups in total. The van der Waals surface area contributed by atoms with Crippen LogP contribution in [0.5, 0.6) is 0 Å². The SMILES string of the molecule is O=C(CSc1ncnc2c(-c3ccccc3)nsc12)Nc1ccccc1F. The van der Waals surface area contributed by atoms with Gasteiger partial charge in [-0.3, -0.25) is 4.79 Å². The number of benzene rings is 2. The maximum Gasteiger partial charge on any atom is 0.234 e. The second kappa shape index (κ2) is 7.81. The lowest BCUT2D eigenvalue weighted by Crippen LogP contribution is -2.15. The minimum absolute atomic E-state index is 0.110. The molecule has 2 aromatic carbocycles. The summed E-state index contributed by atoms with van der Waals surface area (Å²) in [5.41, 5.74) is 2.71. The van der Waals surface area contributed by atoms with E-state index in [1.54, 1.807) is 12.1 Å². The van der Waals surface area contributed by atoms with Crippen molar-refractivity contribution < 1.29 is 9.18 Å². The van der Waals surface area contributed by atoms with Crippen molar-refractivity contribution in [1.82, 2.24) is 14.3 Å². The standard InChI is InChI=1S/C19H13FN4OS2/c20-13-8-4-5-9-14(13)23-15(25)10-26-19-18-17(21-11-22-19)16(24-27-18)12-6-2-1-3-7-12/h1-9,11H,10H2,(H,23,25). The van der Waals surface area contributed by atoms with E-state index < -0.39 is 5.82 Å². The molecule has 0 atom stereocenters.